The van der Waals surface area contributed by atoms with E-state index in [1.54, 1.807) is 0 Å². The van der Waals surface area contributed by atoms with E-state index in [0.717, 1.165) is 71.6 Å². The standard InChI is InChI=1S/C14H19N3O.C11H20N2O.2C2H2/c18-13-17(11-14-5-2-1-3-6-14)9-4-8-16-10-7-15-12-16;14-11(10-4-2-1-3-5-10)13-8-6-12-7-9-13;2*1-2/h1-3,5-7,10,13,15H,4,8-9,11-12H2;10,12H,1-9H2;2*1-2H. The molecule has 0 atom stereocenters. The Labute approximate surface area is 218 Å². The van der Waals surface area contributed by atoms with Crippen LogP contribution in [0.5, 0.6) is 0 Å². The summed E-state index contributed by atoms with van der Waals surface area (Å²) in [6, 6.07) is 10.1. The second-order valence-corrected chi connectivity index (χ2v) is 8.82. The van der Waals surface area contributed by atoms with Gasteiger partial charge in [0.1, 0.15) is 0 Å². The number of carbonyl (C=O) groups is 2. The van der Waals surface area contributed by atoms with Crippen molar-refractivity contribution >= 4 is 12.3 Å². The van der Waals surface area contributed by atoms with Crippen molar-refractivity contribution in [2.75, 3.05) is 45.9 Å². The minimum absolute atomic E-state index is 0.349. The highest BCUT2D eigenvalue weighted by Gasteiger charge is 2.26. The van der Waals surface area contributed by atoms with Crippen LogP contribution in [0.15, 0.2) is 42.7 Å². The Kier molecular flexibility index (Phi) is 16.9. The Morgan fingerprint density at radius 2 is 1.69 bits per heavy atom. The second kappa shape index (κ2) is 19.8. The predicted molar refractivity (Wildman–Crippen MR) is 147 cm³/mol. The van der Waals surface area contributed by atoms with E-state index in [4.69, 9.17) is 0 Å². The van der Waals surface area contributed by atoms with Crippen molar-refractivity contribution in [3.05, 3.63) is 48.3 Å². The topological polar surface area (TPSA) is 67.9 Å². The third kappa shape index (κ3) is 11.8. The molecule has 7 heteroatoms. The van der Waals surface area contributed by atoms with Gasteiger partial charge in [-0.3, -0.25) is 9.59 Å². The van der Waals surface area contributed by atoms with Gasteiger partial charge in [-0.05, 0) is 24.8 Å². The van der Waals surface area contributed by atoms with E-state index in [9.17, 15) is 9.59 Å². The molecule has 3 aliphatic rings. The molecule has 0 radical (unpaired) electrons. The fourth-order valence-corrected chi connectivity index (χ4v) is 4.49. The summed E-state index contributed by atoms with van der Waals surface area (Å²) in [6.07, 6.45) is 28.0. The molecule has 1 saturated heterocycles. The molecule has 2 amide bonds. The number of amides is 2. The van der Waals surface area contributed by atoms with E-state index < -0.39 is 0 Å². The number of benzene rings is 1. The number of rotatable bonds is 8. The first-order valence-corrected chi connectivity index (χ1v) is 12.8. The molecular formula is C29H43N5O2. The molecule has 1 saturated carbocycles. The summed E-state index contributed by atoms with van der Waals surface area (Å²) in [5, 5.41) is 6.41. The lowest BCUT2D eigenvalue weighted by atomic mass is 9.88. The van der Waals surface area contributed by atoms with Crippen LogP contribution in [0, 0.1) is 31.6 Å². The molecule has 7 nitrogen and oxygen atoms in total. The Morgan fingerprint density at radius 1 is 1.03 bits per heavy atom. The fourth-order valence-electron chi connectivity index (χ4n) is 4.49. The fraction of sp³-hybridized carbons (Fsp3) is 0.517. The van der Waals surface area contributed by atoms with Crippen molar-refractivity contribution in [3.8, 4) is 25.7 Å². The van der Waals surface area contributed by atoms with Crippen LogP contribution >= 0.6 is 0 Å². The molecule has 0 aromatic heterocycles. The first-order chi connectivity index (χ1) is 17.8. The Hall–Kier alpha value is -3.42. The first-order valence-electron chi connectivity index (χ1n) is 12.8. The molecule has 0 spiro atoms. The quantitative estimate of drug-likeness (QED) is 0.431. The van der Waals surface area contributed by atoms with Crippen molar-refractivity contribution in [2.24, 2.45) is 5.92 Å². The molecule has 2 aliphatic heterocycles. The number of terminal acetylenes is 2. The summed E-state index contributed by atoms with van der Waals surface area (Å²) in [5.74, 6) is 0.771. The second-order valence-electron chi connectivity index (χ2n) is 8.82. The van der Waals surface area contributed by atoms with Crippen molar-refractivity contribution in [2.45, 2.75) is 45.1 Å². The maximum absolute atomic E-state index is 12.1. The summed E-state index contributed by atoms with van der Waals surface area (Å²) in [7, 11) is 0. The normalized spacial score (nSPS) is 16.6. The van der Waals surface area contributed by atoms with Gasteiger partial charge in [-0.15, -0.1) is 25.7 Å². The zero-order valence-electron chi connectivity index (χ0n) is 21.6. The number of nitrogens with one attached hydrogen (secondary N) is 2. The smallest absolute Gasteiger partial charge is 0.225 e. The first kappa shape index (κ1) is 30.6. The lowest BCUT2D eigenvalue weighted by Gasteiger charge is -2.32. The molecule has 1 aromatic rings. The van der Waals surface area contributed by atoms with E-state index in [1.807, 2.05) is 52.5 Å². The van der Waals surface area contributed by atoms with Gasteiger partial charge in [-0.2, -0.15) is 0 Å². The van der Waals surface area contributed by atoms with Gasteiger partial charge >= 0.3 is 0 Å². The molecule has 2 N–H and O–H groups in total. The number of nitrogens with zero attached hydrogens (tertiary/aromatic N) is 3. The summed E-state index contributed by atoms with van der Waals surface area (Å²) < 4.78 is 0. The zero-order valence-corrected chi connectivity index (χ0v) is 21.6. The third-order valence-corrected chi connectivity index (χ3v) is 6.35. The largest absolute Gasteiger partial charge is 0.373 e. The Bertz CT molecular complexity index is 755. The van der Waals surface area contributed by atoms with Crippen molar-refractivity contribution in [1.29, 1.82) is 0 Å². The molecule has 1 aromatic carbocycles. The number of hydrogen-bond donors (Lipinski definition) is 2. The average molecular weight is 494 g/mol. The van der Waals surface area contributed by atoms with Gasteiger partial charge in [-0.25, -0.2) is 0 Å². The summed E-state index contributed by atoms with van der Waals surface area (Å²) in [5.41, 5.74) is 1.17. The highest BCUT2D eigenvalue weighted by Crippen LogP contribution is 2.25. The lowest BCUT2D eigenvalue weighted by Crippen LogP contribution is -2.48. The van der Waals surface area contributed by atoms with Gasteiger partial charge in [0.25, 0.3) is 0 Å². The summed E-state index contributed by atoms with van der Waals surface area (Å²) in [4.78, 5) is 29.1. The number of piperazine rings is 1. The van der Waals surface area contributed by atoms with Gasteiger partial charge in [0.05, 0.1) is 6.67 Å². The van der Waals surface area contributed by atoms with E-state index in [0.29, 0.717) is 18.4 Å². The highest BCUT2D eigenvalue weighted by molar-refractivity contribution is 5.79. The predicted octanol–water partition coefficient (Wildman–Crippen LogP) is 2.87. The molecule has 36 heavy (non-hydrogen) atoms. The van der Waals surface area contributed by atoms with Gasteiger partial charge in [0.2, 0.25) is 12.3 Å². The highest BCUT2D eigenvalue weighted by atomic mass is 16.2. The van der Waals surface area contributed by atoms with E-state index in [1.165, 1.54) is 24.8 Å². The monoisotopic (exact) mass is 493 g/mol. The van der Waals surface area contributed by atoms with Crippen molar-refractivity contribution in [3.63, 3.8) is 0 Å². The van der Waals surface area contributed by atoms with Crippen LogP contribution in [0.3, 0.4) is 0 Å². The van der Waals surface area contributed by atoms with Crippen LogP contribution in [0.4, 0.5) is 0 Å². The van der Waals surface area contributed by atoms with Crippen LogP contribution in [0.25, 0.3) is 0 Å². The van der Waals surface area contributed by atoms with E-state index in [2.05, 4.69) is 41.2 Å². The van der Waals surface area contributed by atoms with E-state index >= 15 is 0 Å². The van der Waals surface area contributed by atoms with Crippen LogP contribution in [0.1, 0.15) is 44.1 Å². The number of hydrogen-bond acceptors (Lipinski definition) is 5. The zero-order chi connectivity index (χ0) is 26.4. The minimum Gasteiger partial charge on any atom is -0.373 e. The number of carbonyl (C=O) groups excluding carboxylic acids is 2. The summed E-state index contributed by atoms with van der Waals surface area (Å²) in [6.45, 7) is 7.10. The molecule has 2 fully saturated rings. The van der Waals surface area contributed by atoms with Crippen molar-refractivity contribution < 1.29 is 9.59 Å². The van der Waals surface area contributed by atoms with E-state index in [-0.39, 0.29) is 0 Å². The van der Waals surface area contributed by atoms with Crippen LogP contribution in [-0.2, 0) is 16.1 Å². The molecule has 0 bridgehead atoms. The van der Waals surface area contributed by atoms with Crippen LogP contribution in [0.2, 0.25) is 0 Å². The maximum atomic E-state index is 12.1. The molecule has 2 heterocycles. The Balaban J connectivity index is 0.000000323. The third-order valence-electron chi connectivity index (χ3n) is 6.35. The minimum atomic E-state index is 0.349. The van der Waals surface area contributed by atoms with Gasteiger partial charge < -0.3 is 25.3 Å². The molecule has 1 aliphatic carbocycles. The van der Waals surface area contributed by atoms with Crippen LogP contribution in [-0.4, -0.2) is 73.0 Å². The van der Waals surface area contributed by atoms with Gasteiger partial charge in [-0.1, -0.05) is 49.6 Å². The molecule has 4 rings (SSSR count). The average Bonchev–Trinajstić information content (AvgIpc) is 3.50. The maximum Gasteiger partial charge on any atom is 0.225 e. The van der Waals surface area contributed by atoms with Crippen molar-refractivity contribution in [1.82, 2.24) is 25.3 Å². The molecule has 0 unspecified atom stereocenters. The molecule has 196 valence electrons. The summed E-state index contributed by atoms with van der Waals surface area (Å²) >= 11 is 0. The van der Waals surface area contributed by atoms with Crippen LogP contribution < -0.4 is 10.6 Å². The Morgan fingerprint density at radius 3 is 2.28 bits per heavy atom. The molecular weight excluding hydrogens is 450 g/mol. The lowest BCUT2D eigenvalue weighted by molar-refractivity contribution is -0.137. The van der Waals surface area contributed by atoms with Gasteiger partial charge in [0.15, 0.2) is 0 Å². The SMILES string of the molecule is C#C.C#C.O=C(C1CCCCC1)N1CCNCC1.O=CN(CCCN1C=CNC1)Cc1ccccc1. The van der Waals surface area contributed by atoms with Gasteiger partial charge in [0, 0.05) is 64.1 Å².